The summed E-state index contributed by atoms with van der Waals surface area (Å²) < 4.78 is 26.4. The zero-order valence-electron chi connectivity index (χ0n) is 13.2. The summed E-state index contributed by atoms with van der Waals surface area (Å²) in [5.74, 6) is -2.19. The number of rotatable bonds is 3. The molecule has 0 unspecified atom stereocenters. The van der Waals surface area contributed by atoms with Crippen molar-refractivity contribution >= 4 is 33.3 Å². The maximum absolute atomic E-state index is 13.4. The first-order valence-electron chi connectivity index (χ1n) is 7.68. The Bertz CT molecular complexity index is 1120. The van der Waals surface area contributed by atoms with Gasteiger partial charge in [0.05, 0.1) is 16.8 Å². The minimum Gasteiger partial charge on any atom is -0.298 e. The van der Waals surface area contributed by atoms with E-state index in [1.807, 2.05) is 12.1 Å². The van der Waals surface area contributed by atoms with Gasteiger partial charge in [0.25, 0.3) is 5.91 Å². The van der Waals surface area contributed by atoms with Gasteiger partial charge in [-0.25, -0.2) is 13.8 Å². The van der Waals surface area contributed by atoms with Crippen LogP contribution in [0.4, 0.5) is 13.9 Å². The molecule has 0 aliphatic carbocycles. The van der Waals surface area contributed by atoms with E-state index in [4.69, 9.17) is 0 Å². The Kier molecular flexibility index (Phi) is 4.14. The standard InChI is InChI=1S/C19H11F2N3OS/c20-14-7-6-12(9-15(14)21)16-10-26-19(23-16)24-18(25)13-5-1-3-11-4-2-8-22-17(11)13/h1-10H,(H,23,24,25). The molecule has 0 radical (unpaired) electrons. The Morgan fingerprint density at radius 3 is 2.73 bits per heavy atom. The van der Waals surface area contributed by atoms with Crippen LogP contribution in [-0.4, -0.2) is 15.9 Å². The molecule has 26 heavy (non-hydrogen) atoms. The molecule has 0 fully saturated rings. The Hall–Kier alpha value is -3.19. The summed E-state index contributed by atoms with van der Waals surface area (Å²) in [5.41, 5.74) is 1.94. The quantitative estimate of drug-likeness (QED) is 0.561. The number of nitrogens with zero attached hydrogens (tertiary/aromatic N) is 2. The van der Waals surface area contributed by atoms with Gasteiger partial charge < -0.3 is 0 Å². The van der Waals surface area contributed by atoms with E-state index in [0.29, 0.717) is 27.5 Å². The first kappa shape index (κ1) is 16.3. The first-order valence-corrected chi connectivity index (χ1v) is 8.56. The third kappa shape index (κ3) is 3.04. The molecule has 128 valence electrons. The first-order chi connectivity index (χ1) is 12.6. The number of thiazole rings is 1. The summed E-state index contributed by atoms with van der Waals surface area (Å²) in [5, 5.41) is 5.62. The van der Waals surface area contributed by atoms with Gasteiger partial charge in [-0.1, -0.05) is 18.2 Å². The lowest BCUT2D eigenvalue weighted by molar-refractivity contribution is 0.102. The number of amides is 1. The summed E-state index contributed by atoms with van der Waals surface area (Å²) in [7, 11) is 0. The average Bonchev–Trinajstić information content (AvgIpc) is 3.12. The summed E-state index contributed by atoms with van der Waals surface area (Å²) >= 11 is 1.20. The SMILES string of the molecule is O=C(Nc1nc(-c2ccc(F)c(F)c2)cs1)c1cccc2cccnc12. The van der Waals surface area contributed by atoms with Crippen LogP contribution in [0.5, 0.6) is 0 Å². The maximum Gasteiger partial charge on any atom is 0.259 e. The zero-order valence-corrected chi connectivity index (χ0v) is 14.1. The number of carbonyl (C=O) groups excluding carboxylic acids is 1. The van der Waals surface area contributed by atoms with Gasteiger partial charge in [0, 0.05) is 22.5 Å². The Labute approximate surface area is 151 Å². The summed E-state index contributed by atoms with van der Waals surface area (Å²) in [4.78, 5) is 21.1. The lowest BCUT2D eigenvalue weighted by Crippen LogP contribution is -2.12. The molecule has 4 aromatic rings. The van der Waals surface area contributed by atoms with Crippen LogP contribution in [0.15, 0.2) is 60.1 Å². The number of para-hydroxylation sites is 1. The lowest BCUT2D eigenvalue weighted by atomic mass is 10.1. The molecule has 0 saturated carbocycles. The highest BCUT2D eigenvalue weighted by molar-refractivity contribution is 7.14. The number of hydrogen-bond acceptors (Lipinski definition) is 4. The third-order valence-electron chi connectivity index (χ3n) is 3.82. The Morgan fingerprint density at radius 2 is 1.88 bits per heavy atom. The van der Waals surface area contributed by atoms with Crippen molar-refractivity contribution in [3.8, 4) is 11.3 Å². The van der Waals surface area contributed by atoms with Crippen LogP contribution in [-0.2, 0) is 0 Å². The molecular formula is C19H11F2N3OS. The second kappa shape index (κ2) is 6.61. The van der Waals surface area contributed by atoms with Gasteiger partial charge in [-0.15, -0.1) is 11.3 Å². The molecular weight excluding hydrogens is 356 g/mol. The van der Waals surface area contributed by atoms with Gasteiger partial charge >= 0.3 is 0 Å². The molecule has 4 nitrogen and oxygen atoms in total. The van der Waals surface area contributed by atoms with Crippen LogP contribution in [0.3, 0.4) is 0 Å². The summed E-state index contributed by atoms with van der Waals surface area (Å²) in [6, 6.07) is 12.6. The van der Waals surface area contributed by atoms with Crippen molar-refractivity contribution in [3.05, 3.63) is 77.3 Å². The smallest absolute Gasteiger partial charge is 0.259 e. The van der Waals surface area contributed by atoms with Crippen molar-refractivity contribution in [2.45, 2.75) is 0 Å². The molecule has 2 heterocycles. The number of aromatic nitrogens is 2. The molecule has 7 heteroatoms. The van der Waals surface area contributed by atoms with E-state index in [1.54, 1.807) is 29.8 Å². The van der Waals surface area contributed by atoms with E-state index in [0.717, 1.165) is 17.5 Å². The number of pyridine rings is 1. The number of nitrogens with one attached hydrogen (secondary N) is 1. The molecule has 0 bridgehead atoms. The van der Waals surface area contributed by atoms with Crippen LogP contribution >= 0.6 is 11.3 Å². The normalized spacial score (nSPS) is 10.8. The van der Waals surface area contributed by atoms with Crippen LogP contribution < -0.4 is 5.32 Å². The molecule has 1 amide bonds. The summed E-state index contributed by atoms with van der Waals surface area (Å²) in [6.07, 6.45) is 1.63. The van der Waals surface area contributed by atoms with E-state index in [2.05, 4.69) is 15.3 Å². The van der Waals surface area contributed by atoms with Crippen LogP contribution in [0, 0.1) is 11.6 Å². The van der Waals surface area contributed by atoms with Gasteiger partial charge in [0.2, 0.25) is 0 Å². The number of carbonyl (C=O) groups is 1. The fraction of sp³-hybridized carbons (Fsp3) is 0. The zero-order chi connectivity index (χ0) is 18.1. The number of anilines is 1. The van der Waals surface area contributed by atoms with Crippen molar-refractivity contribution in [1.82, 2.24) is 9.97 Å². The van der Waals surface area contributed by atoms with Crippen molar-refractivity contribution in [2.24, 2.45) is 0 Å². The van der Waals surface area contributed by atoms with Crippen LogP contribution in [0.25, 0.3) is 22.2 Å². The number of benzene rings is 2. The average molecular weight is 367 g/mol. The number of fused-ring (bicyclic) bond motifs is 1. The molecule has 1 N–H and O–H groups in total. The highest BCUT2D eigenvalue weighted by atomic mass is 32.1. The Morgan fingerprint density at radius 1 is 1.04 bits per heavy atom. The fourth-order valence-electron chi connectivity index (χ4n) is 2.57. The second-order valence-corrected chi connectivity index (χ2v) is 6.36. The molecule has 0 atom stereocenters. The number of hydrogen-bond donors (Lipinski definition) is 1. The predicted molar refractivity (Wildman–Crippen MR) is 97.2 cm³/mol. The van der Waals surface area contributed by atoms with Gasteiger partial charge in [-0.05, 0) is 30.3 Å². The molecule has 0 aliphatic heterocycles. The minimum absolute atomic E-state index is 0.333. The fourth-order valence-corrected chi connectivity index (χ4v) is 3.29. The van der Waals surface area contributed by atoms with E-state index in [-0.39, 0.29) is 5.91 Å². The molecule has 2 aromatic heterocycles. The second-order valence-electron chi connectivity index (χ2n) is 5.50. The number of halogens is 2. The molecule has 2 aromatic carbocycles. The largest absolute Gasteiger partial charge is 0.298 e. The molecule has 0 spiro atoms. The van der Waals surface area contributed by atoms with Crippen molar-refractivity contribution in [1.29, 1.82) is 0 Å². The third-order valence-corrected chi connectivity index (χ3v) is 4.58. The predicted octanol–water partition coefficient (Wildman–Crippen LogP) is 4.89. The van der Waals surface area contributed by atoms with Crippen LogP contribution in [0.2, 0.25) is 0 Å². The van der Waals surface area contributed by atoms with Gasteiger partial charge in [0.1, 0.15) is 0 Å². The monoisotopic (exact) mass is 367 g/mol. The van der Waals surface area contributed by atoms with Gasteiger partial charge in [0.15, 0.2) is 16.8 Å². The van der Waals surface area contributed by atoms with E-state index in [1.165, 1.54) is 17.4 Å². The van der Waals surface area contributed by atoms with Crippen molar-refractivity contribution in [2.75, 3.05) is 5.32 Å². The molecule has 0 saturated heterocycles. The van der Waals surface area contributed by atoms with E-state index >= 15 is 0 Å². The Balaban J connectivity index is 1.60. The lowest BCUT2D eigenvalue weighted by Gasteiger charge is -2.05. The van der Waals surface area contributed by atoms with E-state index in [9.17, 15) is 13.6 Å². The van der Waals surface area contributed by atoms with E-state index < -0.39 is 11.6 Å². The molecule has 0 aliphatic rings. The van der Waals surface area contributed by atoms with Crippen molar-refractivity contribution < 1.29 is 13.6 Å². The summed E-state index contributed by atoms with van der Waals surface area (Å²) in [6.45, 7) is 0. The molecule has 4 rings (SSSR count). The topological polar surface area (TPSA) is 54.9 Å². The highest BCUT2D eigenvalue weighted by Crippen LogP contribution is 2.27. The highest BCUT2D eigenvalue weighted by Gasteiger charge is 2.14. The van der Waals surface area contributed by atoms with Crippen molar-refractivity contribution in [3.63, 3.8) is 0 Å². The maximum atomic E-state index is 13.4. The minimum atomic E-state index is -0.942. The van der Waals surface area contributed by atoms with Crippen LogP contribution in [0.1, 0.15) is 10.4 Å². The van der Waals surface area contributed by atoms with Gasteiger partial charge in [-0.3, -0.25) is 15.1 Å². The van der Waals surface area contributed by atoms with Gasteiger partial charge in [-0.2, -0.15) is 0 Å².